The Balaban J connectivity index is 1.72. The fraction of sp³-hybridized carbons (Fsp3) is 0.292. The summed E-state index contributed by atoms with van der Waals surface area (Å²) in [6.45, 7) is 2.03. The molecule has 1 N–H and O–H groups in total. The minimum atomic E-state index is -1.01. The largest absolute Gasteiger partial charge is 0.468 e. The standard InChI is InChI=1S/C24H25FN2O3S2/c1-15-6-4-5-7-16(9-8-15)12-20-27(14-21(28)30-3)23(29)22(32-20)24-26(2)18-11-10-17(25)13-19(18)31-24/h5,7-13,23,29H,4,6,14H2,1-3H3. The molecule has 32 heavy (non-hydrogen) atoms. The van der Waals surface area contributed by atoms with E-state index in [9.17, 15) is 14.3 Å². The van der Waals surface area contributed by atoms with Gasteiger partial charge in [-0.25, -0.2) is 4.39 Å². The van der Waals surface area contributed by atoms with Crippen molar-refractivity contribution in [1.29, 1.82) is 0 Å². The van der Waals surface area contributed by atoms with E-state index in [1.807, 2.05) is 24.1 Å². The molecule has 2 aliphatic heterocycles. The average molecular weight is 473 g/mol. The Morgan fingerprint density at radius 3 is 2.94 bits per heavy atom. The number of hydrogen-bond acceptors (Lipinski definition) is 7. The van der Waals surface area contributed by atoms with Gasteiger partial charge in [0, 0.05) is 11.9 Å². The van der Waals surface area contributed by atoms with Gasteiger partial charge < -0.3 is 19.6 Å². The number of carbonyl (C=O) groups is 1. The van der Waals surface area contributed by atoms with E-state index in [2.05, 4.69) is 25.2 Å². The Morgan fingerprint density at radius 1 is 1.34 bits per heavy atom. The Labute approximate surface area is 196 Å². The lowest BCUT2D eigenvalue weighted by molar-refractivity contribution is -0.142. The first-order chi connectivity index (χ1) is 15.4. The normalized spacial score (nSPS) is 24.3. The number of fused-ring (bicyclic) bond motifs is 1. The van der Waals surface area contributed by atoms with E-state index in [4.69, 9.17) is 4.74 Å². The molecule has 0 bridgehead atoms. The van der Waals surface area contributed by atoms with E-state index in [-0.39, 0.29) is 12.4 Å². The average Bonchev–Trinajstić information content (AvgIpc) is 3.23. The van der Waals surface area contributed by atoms with Crippen molar-refractivity contribution in [3.8, 4) is 0 Å². The zero-order chi connectivity index (χ0) is 22.8. The second-order valence-electron chi connectivity index (χ2n) is 7.73. The maximum absolute atomic E-state index is 13.7. The number of benzene rings is 1. The molecule has 1 saturated heterocycles. The number of anilines is 1. The van der Waals surface area contributed by atoms with Crippen molar-refractivity contribution in [2.45, 2.75) is 30.9 Å². The van der Waals surface area contributed by atoms with Crippen LogP contribution in [-0.4, -0.2) is 42.9 Å². The highest BCUT2D eigenvalue weighted by atomic mass is 32.2. The summed E-state index contributed by atoms with van der Waals surface area (Å²) < 4.78 is 18.6. The number of methoxy groups -OCH3 is 1. The highest BCUT2D eigenvalue weighted by Gasteiger charge is 2.39. The summed E-state index contributed by atoms with van der Waals surface area (Å²) in [6.07, 6.45) is 11.3. The highest BCUT2D eigenvalue weighted by Crippen LogP contribution is 2.53. The minimum absolute atomic E-state index is 0.0743. The Kier molecular flexibility index (Phi) is 6.83. The van der Waals surface area contributed by atoms with Crippen LogP contribution in [0.15, 0.2) is 79.6 Å². The van der Waals surface area contributed by atoms with Crippen LogP contribution in [-0.2, 0) is 9.53 Å². The third kappa shape index (κ3) is 4.67. The number of carbonyl (C=O) groups excluding carboxylic acids is 1. The highest BCUT2D eigenvalue weighted by molar-refractivity contribution is 8.09. The molecule has 0 spiro atoms. The first-order valence-electron chi connectivity index (χ1n) is 10.3. The first-order valence-corrected chi connectivity index (χ1v) is 11.9. The van der Waals surface area contributed by atoms with Crippen LogP contribution in [0.25, 0.3) is 0 Å². The van der Waals surface area contributed by atoms with Crippen molar-refractivity contribution in [1.82, 2.24) is 4.90 Å². The summed E-state index contributed by atoms with van der Waals surface area (Å²) in [7, 11) is 3.23. The predicted octanol–water partition coefficient (Wildman–Crippen LogP) is 5.14. The van der Waals surface area contributed by atoms with E-state index < -0.39 is 12.2 Å². The van der Waals surface area contributed by atoms with Crippen molar-refractivity contribution in [2.24, 2.45) is 0 Å². The SMILES string of the molecule is COC(=O)CN1C(=CC2=CC=C(C)CCC=C2)SC(=C2Sc3cc(F)ccc3N2C)C1O. The quantitative estimate of drug-likeness (QED) is 0.611. The van der Waals surface area contributed by atoms with E-state index in [0.717, 1.165) is 39.1 Å². The second kappa shape index (κ2) is 9.60. The molecule has 1 unspecified atom stereocenters. The number of allylic oxidation sites excluding steroid dienone is 7. The Bertz CT molecular complexity index is 1090. The van der Waals surface area contributed by atoms with Crippen LogP contribution >= 0.6 is 23.5 Å². The maximum atomic E-state index is 13.7. The van der Waals surface area contributed by atoms with E-state index in [1.54, 1.807) is 11.0 Å². The van der Waals surface area contributed by atoms with Gasteiger partial charge in [0.15, 0.2) is 6.23 Å². The van der Waals surface area contributed by atoms with Gasteiger partial charge in [-0.3, -0.25) is 4.79 Å². The number of aliphatic hydroxyl groups excluding tert-OH is 1. The van der Waals surface area contributed by atoms with Gasteiger partial charge >= 0.3 is 5.97 Å². The third-order valence-corrected chi connectivity index (χ3v) is 7.97. The molecule has 0 radical (unpaired) electrons. The minimum Gasteiger partial charge on any atom is -0.468 e. The van der Waals surface area contributed by atoms with Crippen LogP contribution in [0.2, 0.25) is 0 Å². The number of halogens is 1. The van der Waals surface area contributed by atoms with Gasteiger partial charge in [-0.15, -0.1) is 0 Å². The van der Waals surface area contributed by atoms with Gasteiger partial charge in [-0.1, -0.05) is 53.4 Å². The summed E-state index contributed by atoms with van der Waals surface area (Å²) in [5.41, 5.74) is 3.17. The van der Waals surface area contributed by atoms with E-state index in [0.29, 0.717) is 4.91 Å². The van der Waals surface area contributed by atoms with Crippen molar-refractivity contribution in [2.75, 3.05) is 25.6 Å². The molecule has 8 heteroatoms. The number of ether oxygens (including phenoxy) is 1. The molecule has 0 amide bonds. The molecule has 5 nitrogen and oxygen atoms in total. The lowest BCUT2D eigenvalue weighted by Gasteiger charge is -2.23. The summed E-state index contributed by atoms with van der Waals surface area (Å²) in [5.74, 6) is -0.729. The number of rotatable bonds is 3. The summed E-state index contributed by atoms with van der Waals surface area (Å²) in [4.78, 5) is 17.2. The smallest absolute Gasteiger partial charge is 0.325 e. The van der Waals surface area contributed by atoms with Gasteiger partial charge in [0.25, 0.3) is 0 Å². The number of nitrogens with zero attached hydrogens (tertiary/aromatic N) is 2. The van der Waals surface area contributed by atoms with Gasteiger partial charge in [0.05, 0.1) is 27.8 Å². The molecule has 3 aliphatic rings. The molecular formula is C24H25FN2O3S2. The second-order valence-corrected chi connectivity index (χ2v) is 9.82. The zero-order valence-corrected chi connectivity index (χ0v) is 19.8. The van der Waals surface area contributed by atoms with E-state index >= 15 is 0 Å². The molecule has 0 aromatic heterocycles. The molecule has 1 fully saturated rings. The van der Waals surface area contributed by atoms with Crippen LogP contribution in [0.4, 0.5) is 10.1 Å². The fourth-order valence-electron chi connectivity index (χ4n) is 3.61. The summed E-state index contributed by atoms with van der Waals surface area (Å²) in [5, 5.41) is 12.8. The molecule has 2 heterocycles. The van der Waals surface area contributed by atoms with Crippen molar-refractivity contribution in [3.05, 3.63) is 80.5 Å². The van der Waals surface area contributed by atoms with Gasteiger partial charge in [-0.2, -0.15) is 0 Å². The monoisotopic (exact) mass is 472 g/mol. The number of esters is 1. The molecule has 0 saturated carbocycles. The summed E-state index contributed by atoms with van der Waals surface area (Å²) >= 11 is 2.84. The third-order valence-electron chi connectivity index (χ3n) is 5.43. The van der Waals surface area contributed by atoms with Crippen LogP contribution in [0.1, 0.15) is 19.8 Å². The van der Waals surface area contributed by atoms with Gasteiger partial charge in [0.1, 0.15) is 12.4 Å². The fourth-order valence-corrected chi connectivity index (χ4v) is 6.15. The molecular weight excluding hydrogens is 447 g/mol. The topological polar surface area (TPSA) is 53.0 Å². The van der Waals surface area contributed by atoms with Crippen LogP contribution < -0.4 is 4.90 Å². The van der Waals surface area contributed by atoms with Gasteiger partial charge in [0.2, 0.25) is 0 Å². The lowest BCUT2D eigenvalue weighted by atomic mass is 10.1. The van der Waals surface area contributed by atoms with Crippen molar-refractivity contribution in [3.63, 3.8) is 0 Å². The lowest BCUT2D eigenvalue weighted by Crippen LogP contribution is -2.35. The number of hydrogen-bond donors (Lipinski definition) is 1. The molecule has 1 atom stereocenters. The molecule has 1 aliphatic carbocycles. The predicted molar refractivity (Wildman–Crippen MR) is 128 cm³/mol. The van der Waals surface area contributed by atoms with Crippen LogP contribution in [0.5, 0.6) is 0 Å². The van der Waals surface area contributed by atoms with E-state index in [1.165, 1.54) is 48.3 Å². The maximum Gasteiger partial charge on any atom is 0.325 e. The molecule has 1 aromatic rings. The Hall–Kier alpha value is -2.42. The van der Waals surface area contributed by atoms with Crippen LogP contribution in [0.3, 0.4) is 0 Å². The van der Waals surface area contributed by atoms with Gasteiger partial charge in [-0.05, 0) is 49.6 Å². The Morgan fingerprint density at radius 2 is 2.16 bits per heavy atom. The van der Waals surface area contributed by atoms with Crippen LogP contribution in [0, 0.1) is 5.82 Å². The zero-order valence-electron chi connectivity index (χ0n) is 18.2. The molecule has 1 aromatic carbocycles. The first kappa shape index (κ1) is 22.8. The number of thioether (sulfide) groups is 2. The number of aliphatic hydroxyl groups is 1. The molecule has 168 valence electrons. The summed E-state index contributed by atoms with van der Waals surface area (Å²) in [6, 6.07) is 4.66. The van der Waals surface area contributed by atoms with Crippen molar-refractivity contribution >= 4 is 35.2 Å². The molecule has 4 rings (SSSR count). The van der Waals surface area contributed by atoms with Crippen molar-refractivity contribution < 1.29 is 19.0 Å².